The Kier molecular flexibility index (Phi) is 4.15. The van der Waals surface area contributed by atoms with E-state index in [2.05, 4.69) is 20.3 Å². The molecule has 7 heteroatoms. The molecule has 7 nitrogen and oxygen atoms in total. The quantitative estimate of drug-likeness (QED) is 0.791. The number of nitrogens with one attached hydrogen (secondary N) is 1. The minimum atomic E-state index is -0.123. The zero-order valence-electron chi connectivity index (χ0n) is 13.9. The Morgan fingerprint density at radius 3 is 3.04 bits per heavy atom. The van der Waals surface area contributed by atoms with Crippen molar-refractivity contribution < 1.29 is 9.53 Å². The molecule has 1 N–H and O–H groups in total. The number of hydrogen-bond acceptors (Lipinski definition) is 5. The molecule has 1 saturated heterocycles. The third kappa shape index (κ3) is 3.10. The summed E-state index contributed by atoms with van der Waals surface area (Å²) in [5, 5.41) is 3.12. The lowest BCUT2D eigenvalue weighted by atomic mass is 10.0. The van der Waals surface area contributed by atoms with Gasteiger partial charge in [0.2, 0.25) is 0 Å². The van der Waals surface area contributed by atoms with Crippen LogP contribution in [0.25, 0.3) is 11.0 Å². The van der Waals surface area contributed by atoms with Crippen LogP contribution in [-0.2, 0) is 11.8 Å². The fourth-order valence-corrected chi connectivity index (χ4v) is 3.25. The number of aromatic nitrogens is 4. The minimum Gasteiger partial charge on any atom is -0.372 e. The average molecular weight is 337 g/mol. The largest absolute Gasteiger partial charge is 0.372 e. The van der Waals surface area contributed by atoms with Crippen molar-refractivity contribution in [1.29, 1.82) is 0 Å². The molecule has 4 rings (SSSR count). The number of aryl methyl sites for hydroxylation is 1. The number of nitrogens with zero attached hydrogens (tertiary/aromatic N) is 4. The second-order valence-corrected chi connectivity index (χ2v) is 6.21. The highest BCUT2D eigenvalue weighted by atomic mass is 16.5. The Labute approximate surface area is 145 Å². The summed E-state index contributed by atoms with van der Waals surface area (Å²) in [4.78, 5) is 25.5. The van der Waals surface area contributed by atoms with Crippen molar-refractivity contribution in [3.63, 3.8) is 0 Å². The summed E-state index contributed by atoms with van der Waals surface area (Å²) in [5.74, 6) is -0.123. The van der Waals surface area contributed by atoms with E-state index in [1.165, 1.54) is 0 Å². The van der Waals surface area contributed by atoms with Gasteiger partial charge in [-0.1, -0.05) is 6.07 Å². The van der Waals surface area contributed by atoms with Gasteiger partial charge in [-0.2, -0.15) is 0 Å². The summed E-state index contributed by atoms with van der Waals surface area (Å²) in [6.07, 6.45) is 8.26. The molecule has 0 saturated carbocycles. The topological polar surface area (TPSA) is 81.9 Å². The lowest BCUT2D eigenvalue weighted by Gasteiger charge is -2.30. The minimum absolute atomic E-state index is 0.0491. The number of benzene rings is 1. The Morgan fingerprint density at radius 2 is 2.20 bits per heavy atom. The lowest BCUT2D eigenvalue weighted by Crippen LogP contribution is -2.40. The monoisotopic (exact) mass is 337 g/mol. The average Bonchev–Trinajstić information content (AvgIpc) is 3.07. The maximum absolute atomic E-state index is 12.7. The van der Waals surface area contributed by atoms with E-state index in [0.717, 1.165) is 24.1 Å². The van der Waals surface area contributed by atoms with Crippen LogP contribution < -0.4 is 5.32 Å². The molecule has 1 amide bonds. The number of ether oxygens (including phenoxy) is 1. The van der Waals surface area contributed by atoms with Crippen molar-refractivity contribution in [3.8, 4) is 0 Å². The van der Waals surface area contributed by atoms with Gasteiger partial charge >= 0.3 is 0 Å². The highest BCUT2D eigenvalue weighted by molar-refractivity contribution is 6.04. The van der Waals surface area contributed by atoms with E-state index in [1.807, 2.05) is 29.9 Å². The van der Waals surface area contributed by atoms with Gasteiger partial charge in [-0.15, -0.1) is 0 Å². The highest BCUT2D eigenvalue weighted by Gasteiger charge is 2.27. The molecule has 0 bridgehead atoms. The molecular formula is C18H19N5O2. The molecule has 3 aromatic rings. The fourth-order valence-electron chi connectivity index (χ4n) is 3.25. The summed E-state index contributed by atoms with van der Waals surface area (Å²) in [6.45, 7) is 0.607. The zero-order chi connectivity index (χ0) is 17.2. The molecule has 128 valence electrons. The maximum Gasteiger partial charge on any atom is 0.253 e. The highest BCUT2D eigenvalue weighted by Crippen LogP contribution is 2.28. The van der Waals surface area contributed by atoms with Gasteiger partial charge in [-0.25, -0.2) is 4.98 Å². The van der Waals surface area contributed by atoms with E-state index in [1.54, 1.807) is 24.8 Å². The first kappa shape index (κ1) is 15.7. The Hall–Kier alpha value is -2.80. The van der Waals surface area contributed by atoms with Gasteiger partial charge in [-0.05, 0) is 25.0 Å². The molecule has 0 radical (unpaired) electrons. The van der Waals surface area contributed by atoms with Crippen LogP contribution >= 0.6 is 0 Å². The molecule has 1 aliphatic rings. The Balaban J connectivity index is 1.51. The molecule has 2 aromatic heterocycles. The van der Waals surface area contributed by atoms with E-state index in [0.29, 0.717) is 17.7 Å². The molecule has 0 unspecified atom stereocenters. The third-order valence-electron chi connectivity index (χ3n) is 4.55. The first-order valence-electron chi connectivity index (χ1n) is 8.31. The number of hydrogen-bond donors (Lipinski definition) is 1. The molecular weight excluding hydrogens is 318 g/mol. The summed E-state index contributed by atoms with van der Waals surface area (Å²) in [7, 11) is 1.95. The molecule has 25 heavy (non-hydrogen) atoms. The zero-order valence-corrected chi connectivity index (χ0v) is 13.9. The number of rotatable bonds is 3. The van der Waals surface area contributed by atoms with Gasteiger partial charge in [-0.3, -0.25) is 14.8 Å². The number of carbonyl (C=O) groups excluding carboxylic acids is 1. The Bertz CT molecular complexity index is 902. The van der Waals surface area contributed by atoms with Gasteiger partial charge in [0.25, 0.3) is 5.91 Å². The molecule has 0 aliphatic carbocycles. The van der Waals surface area contributed by atoms with Crippen LogP contribution in [0.15, 0.2) is 43.1 Å². The summed E-state index contributed by atoms with van der Waals surface area (Å²) in [5.41, 5.74) is 2.91. The summed E-state index contributed by atoms with van der Waals surface area (Å²) in [6, 6.07) is 5.51. The summed E-state index contributed by atoms with van der Waals surface area (Å²) < 4.78 is 7.81. The fraction of sp³-hybridized carbons (Fsp3) is 0.333. The smallest absolute Gasteiger partial charge is 0.253 e. The van der Waals surface area contributed by atoms with Crippen molar-refractivity contribution >= 4 is 16.9 Å². The SMILES string of the molecule is Cn1cncc1[C@@H]1C[C@@H](NC(=O)c2cccc3nccnc23)CCO1. The molecule has 1 aromatic carbocycles. The van der Waals surface area contributed by atoms with E-state index in [-0.39, 0.29) is 18.1 Å². The predicted octanol–water partition coefficient (Wildman–Crippen LogP) is 2.01. The lowest BCUT2D eigenvalue weighted by molar-refractivity contribution is -0.00300. The van der Waals surface area contributed by atoms with E-state index in [9.17, 15) is 4.79 Å². The predicted molar refractivity (Wildman–Crippen MR) is 91.9 cm³/mol. The van der Waals surface area contributed by atoms with E-state index in [4.69, 9.17) is 4.74 Å². The first-order valence-corrected chi connectivity index (χ1v) is 8.31. The van der Waals surface area contributed by atoms with E-state index >= 15 is 0 Å². The number of imidazole rings is 1. The second kappa shape index (κ2) is 6.60. The van der Waals surface area contributed by atoms with Crippen LogP contribution in [0.3, 0.4) is 0 Å². The van der Waals surface area contributed by atoms with Gasteiger partial charge in [0, 0.05) is 32.1 Å². The van der Waals surface area contributed by atoms with Crippen molar-refractivity contribution in [2.24, 2.45) is 7.05 Å². The van der Waals surface area contributed by atoms with Gasteiger partial charge < -0.3 is 14.6 Å². The number of amides is 1. The van der Waals surface area contributed by atoms with Crippen LogP contribution in [0.4, 0.5) is 0 Å². The van der Waals surface area contributed by atoms with Crippen molar-refractivity contribution in [2.45, 2.75) is 25.0 Å². The molecule has 3 heterocycles. The Morgan fingerprint density at radius 1 is 1.32 bits per heavy atom. The van der Waals surface area contributed by atoms with Crippen LogP contribution in [0, 0.1) is 0 Å². The number of fused-ring (bicyclic) bond motifs is 1. The van der Waals surface area contributed by atoms with Crippen molar-refractivity contribution in [3.05, 3.63) is 54.4 Å². The van der Waals surface area contributed by atoms with Crippen molar-refractivity contribution in [1.82, 2.24) is 24.8 Å². The second-order valence-electron chi connectivity index (χ2n) is 6.21. The normalized spacial score (nSPS) is 20.5. The molecule has 0 spiro atoms. The van der Waals surface area contributed by atoms with Crippen LogP contribution in [0.2, 0.25) is 0 Å². The van der Waals surface area contributed by atoms with Crippen LogP contribution in [0.5, 0.6) is 0 Å². The van der Waals surface area contributed by atoms with Gasteiger partial charge in [0.1, 0.15) is 11.6 Å². The van der Waals surface area contributed by atoms with E-state index < -0.39 is 0 Å². The van der Waals surface area contributed by atoms with Crippen LogP contribution in [0.1, 0.15) is 35.0 Å². The standard InChI is InChI=1S/C18H19N5O2/c1-23-11-19-10-15(23)16-9-12(5-8-25-16)22-18(24)13-3-2-4-14-17(13)21-7-6-20-14/h2-4,6-7,10-12,16H,5,8-9H2,1H3,(H,22,24)/t12-,16-/m0/s1. The molecule has 2 atom stereocenters. The summed E-state index contributed by atoms with van der Waals surface area (Å²) >= 11 is 0. The number of para-hydroxylation sites is 1. The number of carbonyl (C=O) groups is 1. The first-order chi connectivity index (χ1) is 12.2. The molecule has 1 fully saturated rings. The maximum atomic E-state index is 12.7. The van der Waals surface area contributed by atoms with Gasteiger partial charge in [0.05, 0.1) is 29.3 Å². The molecule has 1 aliphatic heterocycles. The van der Waals surface area contributed by atoms with Gasteiger partial charge in [0.15, 0.2) is 0 Å². The van der Waals surface area contributed by atoms with Crippen molar-refractivity contribution in [2.75, 3.05) is 6.61 Å². The van der Waals surface area contributed by atoms with Crippen LogP contribution in [-0.4, -0.2) is 38.1 Å². The third-order valence-corrected chi connectivity index (χ3v) is 4.55.